The number of aliphatic imine (C=N–C) groups is 1. The number of thiazole rings is 1. The standard InChI is InChI=1S/C47H55N9O6S2/c1-24-27(4)64-46-38(24)39(50-35(20-37(58)59)42-53-52-28(5)56(42)46)30-13-15-33(16-14-30)54-18-17-32(21-54)43(60)51-41(47(6,7)8)45(62)55-22-34(57)19-36(55)44(61)49-25(2)29-9-11-31(12-10-29)40-26(3)48-23-63-40/h9-16,23,25,32,34-36,41,57H,17-22H2,1-8H3,(H,49,61)(H,51,60)(H,58,59)/t25-,32?,34+,35-,36-,41+/m0/s1. The van der Waals surface area contributed by atoms with Crippen molar-refractivity contribution in [3.8, 4) is 15.4 Å². The number of aliphatic hydroxyl groups excluding tert-OH is 1. The van der Waals surface area contributed by atoms with Gasteiger partial charge in [0.05, 0.1) is 46.3 Å². The molecule has 336 valence electrons. The Kier molecular flexibility index (Phi) is 12.4. The van der Waals surface area contributed by atoms with Crippen molar-refractivity contribution in [2.45, 2.75) is 105 Å². The predicted octanol–water partition coefficient (Wildman–Crippen LogP) is 6.25. The number of hydrogen-bond donors (Lipinski definition) is 4. The first-order valence-corrected chi connectivity index (χ1v) is 23.4. The van der Waals surface area contributed by atoms with Crippen LogP contribution in [0, 0.1) is 39.0 Å². The van der Waals surface area contributed by atoms with Crippen molar-refractivity contribution in [2.24, 2.45) is 16.3 Å². The van der Waals surface area contributed by atoms with E-state index in [0.717, 1.165) is 54.0 Å². The molecule has 64 heavy (non-hydrogen) atoms. The second-order valence-corrected chi connectivity index (χ2v) is 20.4. The van der Waals surface area contributed by atoms with Crippen LogP contribution in [0.25, 0.3) is 15.4 Å². The molecule has 5 aromatic rings. The van der Waals surface area contributed by atoms with Crippen LogP contribution in [0.5, 0.6) is 0 Å². The molecule has 0 saturated carbocycles. The van der Waals surface area contributed by atoms with E-state index in [-0.39, 0.29) is 37.2 Å². The van der Waals surface area contributed by atoms with E-state index in [4.69, 9.17) is 4.99 Å². The number of carboxylic acid groups (broad SMARTS) is 1. The number of thiophene rings is 1. The molecular formula is C47H55N9O6S2. The molecule has 2 saturated heterocycles. The second-order valence-electron chi connectivity index (χ2n) is 18.3. The molecule has 15 nitrogen and oxygen atoms in total. The largest absolute Gasteiger partial charge is 0.481 e. The molecule has 0 spiro atoms. The van der Waals surface area contributed by atoms with Crippen molar-refractivity contribution in [3.63, 3.8) is 0 Å². The third-order valence-corrected chi connectivity index (χ3v) is 14.9. The molecule has 1 unspecified atom stereocenters. The molecule has 8 rings (SSSR count). The van der Waals surface area contributed by atoms with E-state index in [1.54, 1.807) is 22.7 Å². The molecule has 2 aromatic carbocycles. The lowest BCUT2D eigenvalue weighted by atomic mass is 9.85. The summed E-state index contributed by atoms with van der Waals surface area (Å²) in [7, 11) is 0. The maximum Gasteiger partial charge on any atom is 0.306 e. The Bertz CT molecular complexity index is 2630. The van der Waals surface area contributed by atoms with Crippen molar-refractivity contribution in [3.05, 3.63) is 98.5 Å². The van der Waals surface area contributed by atoms with Crippen LogP contribution in [0.3, 0.4) is 0 Å². The highest BCUT2D eigenvalue weighted by atomic mass is 32.1. The molecule has 0 aliphatic carbocycles. The molecule has 3 aliphatic rings. The number of rotatable bonds is 11. The lowest BCUT2D eigenvalue weighted by molar-refractivity contribution is -0.144. The van der Waals surface area contributed by atoms with Crippen molar-refractivity contribution < 1.29 is 29.4 Å². The number of aromatic nitrogens is 4. The summed E-state index contributed by atoms with van der Waals surface area (Å²) in [6.07, 6.45) is -0.435. The predicted molar refractivity (Wildman–Crippen MR) is 247 cm³/mol. The Morgan fingerprint density at radius 1 is 0.922 bits per heavy atom. The Hall–Kier alpha value is -5.78. The van der Waals surface area contributed by atoms with Gasteiger partial charge in [-0.1, -0.05) is 57.2 Å². The minimum Gasteiger partial charge on any atom is -0.481 e. The normalized spacial score (nSPS) is 20.5. The van der Waals surface area contributed by atoms with Crippen LogP contribution in [-0.4, -0.2) is 102 Å². The number of aliphatic carboxylic acids is 1. The zero-order chi connectivity index (χ0) is 45.8. The molecular weight excluding hydrogens is 851 g/mol. The minimum absolute atomic E-state index is 0.00963. The summed E-state index contributed by atoms with van der Waals surface area (Å²) < 4.78 is 1.93. The highest BCUT2D eigenvalue weighted by Gasteiger charge is 2.45. The van der Waals surface area contributed by atoms with Crippen molar-refractivity contribution >= 4 is 57.8 Å². The van der Waals surface area contributed by atoms with E-state index in [2.05, 4.69) is 44.6 Å². The molecule has 6 heterocycles. The molecule has 3 aliphatic heterocycles. The van der Waals surface area contributed by atoms with E-state index < -0.39 is 47.4 Å². The van der Waals surface area contributed by atoms with Gasteiger partial charge < -0.3 is 30.6 Å². The lowest BCUT2D eigenvalue weighted by Crippen LogP contribution is -2.58. The summed E-state index contributed by atoms with van der Waals surface area (Å²) in [4.78, 5) is 69.4. The van der Waals surface area contributed by atoms with Crippen LogP contribution in [-0.2, 0) is 19.2 Å². The van der Waals surface area contributed by atoms with E-state index in [0.29, 0.717) is 36.9 Å². The third-order valence-electron chi connectivity index (χ3n) is 12.7. The van der Waals surface area contributed by atoms with Crippen molar-refractivity contribution in [2.75, 3.05) is 24.5 Å². The fourth-order valence-electron chi connectivity index (χ4n) is 9.00. The van der Waals surface area contributed by atoms with E-state index in [1.165, 1.54) is 4.90 Å². The summed E-state index contributed by atoms with van der Waals surface area (Å²) in [6, 6.07) is 13.0. The number of carbonyl (C=O) groups is 4. The third kappa shape index (κ3) is 8.72. The minimum atomic E-state index is -0.979. The fourth-order valence-corrected chi connectivity index (χ4v) is 11.0. The van der Waals surface area contributed by atoms with Gasteiger partial charge in [0.15, 0.2) is 5.82 Å². The highest BCUT2D eigenvalue weighted by molar-refractivity contribution is 7.15. The number of amides is 3. The second kappa shape index (κ2) is 17.7. The number of likely N-dealkylation sites (tertiary alicyclic amines) is 1. The number of anilines is 1. The average molecular weight is 906 g/mol. The number of nitrogens with one attached hydrogen (secondary N) is 2. The maximum atomic E-state index is 14.4. The Labute approximate surface area is 380 Å². The van der Waals surface area contributed by atoms with Crippen LogP contribution in [0.1, 0.15) is 104 Å². The van der Waals surface area contributed by atoms with Gasteiger partial charge in [-0.15, -0.1) is 32.9 Å². The number of hydrogen-bond acceptors (Lipinski definition) is 12. The number of β-amino-alcohol motifs (C(OH)–C–C–N with tert-alkyl or cyclic N) is 1. The van der Waals surface area contributed by atoms with Gasteiger partial charge in [-0.2, -0.15) is 0 Å². The van der Waals surface area contributed by atoms with Crippen LogP contribution in [0.15, 0.2) is 59.0 Å². The van der Waals surface area contributed by atoms with Gasteiger partial charge in [-0.05, 0) is 75.3 Å². The number of aliphatic hydroxyl groups is 1. The summed E-state index contributed by atoms with van der Waals surface area (Å²) in [6.45, 7) is 16.5. The SMILES string of the molecule is Cc1ncsc1-c1ccc([C@H](C)NC(=O)[C@@H]2C[C@@H](O)CN2C(=O)[C@@H](NC(=O)C2CCN(c3ccc(C4=N[C@@H](CC(=O)O)c5nnc(C)n5-c5sc(C)c(C)c54)cc3)C2)C(C)(C)C)cc1. The molecule has 6 atom stereocenters. The highest BCUT2D eigenvalue weighted by Crippen LogP contribution is 2.40. The molecule has 4 N–H and O–H groups in total. The molecule has 2 fully saturated rings. The van der Waals surface area contributed by atoms with Crippen LogP contribution in [0.2, 0.25) is 0 Å². The smallest absolute Gasteiger partial charge is 0.306 e. The first kappa shape index (κ1) is 44.8. The molecule has 0 bridgehead atoms. The van der Waals surface area contributed by atoms with Crippen molar-refractivity contribution in [1.29, 1.82) is 0 Å². The zero-order valence-electron chi connectivity index (χ0n) is 37.4. The number of carbonyl (C=O) groups excluding carboxylic acids is 3. The Balaban J connectivity index is 0.938. The van der Waals surface area contributed by atoms with Crippen LogP contribution < -0.4 is 15.5 Å². The van der Waals surface area contributed by atoms with E-state index in [9.17, 15) is 29.4 Å². The summed E-state index contributed by atoms with van der Waals surface area (Å²) >= 11 is 3.19. The number of fused-ring (bicyclic) bond motifs is 3. The number of aryl methyl sites for hydroxylation is 3. The maximum absolute atomic E-state index is 14.4. The van der Waals surface area contributed by atoms with Crippen LogP contribution in [0.4, 0.5) is 5.69 Å². The first-order chi connectivity index (χ1) is 30.4. The zero-order valence-corrected chi connectivity index (χ0v) is 39.0. The van der Waals surface area contributed by atoms with E-state index >= 15 is 0 Å². The van der Waals surface area contributed by atoms with Gasteiger partial charge in [0.25, 0.3) is 0 Å². The Morgan fingerprint density at radius 3 is 2.28 bits per heavy atom. The van der Waals surface area contributed by atoms with Gasteiger partial charge in [-0.25, -0.2) is 4.98 Å². The van der Waals surface area contributed by atoms with E-state index in [1.807, 2.05) is 100 Å². The van der Waals surface area contributed by atoms with Gasteiger partial charge >= 0.3 is 5.97 Å². The van der Waals surface area contributed by atoms with Gasteiger partial charge in [0.2, 0.25) is 17.7 Å². The fraction of sp³-hybridized carbons (Fsp3) is 0.447. The van der Waals surface area contributed by atoms with Gasteiger partial charge in [0, 0.05) is 47.7 Å². The number of nitrogens with zero attached hydrogens (tertiary/aromatic N) is 7. The van der Waals surface area contributed by atoms with Crippen LogP contribution >= 0.6 is 22.7 Å². The molecule has 3 amide bonds. The monoisotopic (exact) mass is 905 g/mol. The number of benzene rings is 2. The summed E-state index contributed by atoms with van der Waals surface area (Å²) in [5.74, 6) is -1.21. The Morgan fingerprint density at radius 2 is 1.62 bits per heavy atom. The molecule has 17 heteroatoms. The molecule has 3 aromatic heterocycles. The van der Waals surface area contributed by atoms with Gasteiger partial charge in [-0.3, -0.25) is 28.7 Å². The van der Waals surface area contributed by atoms with Crippen molar-refractivity contribution in [1.82, 2.24) is 35.3 Å². The van der Waals surface area contributed by atoms with Gasteiger partial charge in [0.1, 0.15) is 29.0 Å². The lowest BCUT2D eigenvalue weighted by Gasteiger charge is -2.36. The summed E-state index contributed by atoms with van der Waals surface area (Å²) in [5, 5.41) is 36.3. The quantitative estimate of drug-likeness (QED) is 0.118. The average Bonchev–Trinajstić information content (AvgIpc) is 4.10. The first-order valence-electron chi connectivity index (χ1n) is 21.7. The topological polar surface area (TPSA) is 195 Å². The summed E-state index contributed by atoms with van der Waals surface area (Å²) in [5.41, 5.74) is 8.49. The molecule has 0 radical (unpaired) electrons. The number of carboxylic acids is 1.